The van der Waals surface area contributed by atoms with Gasteiger partial charge in [-0.05, 0) is 32.6 Å². The average molecular weight is 315 g/mol. The Balaban J connectivity index is 1.64. The van der Waals surface area contributed by atoms with E-state index in [1.807, 2.05) is 37.3 Å². The van der Waals surface area contributed by atoms with Gasteiger partial charge in [0.05, 0.1) is 19.1 Å². The van der Waals surface area contributed by atoms with E-state index in [1.165, 1.54) is 0 Å². The molecule has 1 aromatic carbocycles. The van der Waals surface area contributed by atoms with Crippen LogP contribution < -0.4 is 0 Å². The number of carbonyl (C=O) groups is 2. The maximum absolute atomic E-state index is 12.0. The number of hydrogen-bond acceptors (Lipinski definition) is 4. The Morgan fingerprint density at radius 3 is 2.74 bits per heavy atom. The van der Waals surface area contributed by atoms with Crippen molar-refractivity contribution in [2.24, 2.45) is 4.99 Å². The highest BCUT2D eigenvalue weighted by atomic mass is 16.5. The van der Waals surface area contributed by atoms with Gasteiger partial charge in [0.2, 0.25) is 0 Å². The van der Waals surface area contributed by atoms with E-state index in [2.05, 4.69) is 4.99 Å². The number of unbranched alkanes of at least 4 members (excludes halogenated alkanes) is 1. The summed E-state index contributed by atoms with van der Waals surface area (Å²) in [7, 11) is 0. The Kier molecular flexibility index (Phi) is 6.98. The van der Waals surface area contributed by atoms with Crippen LogP contribution in [0, 0.1) is 0 Å². The Labute approximate surface area is 138 Å². The van der Waals surface area contributed by atoms with E-state index in [1.54, 1.807) is 0 Å². The van der Waals surface area contributed by atoms with Gasteiger partial charge in [-0.15, -0.1) is 0 Å². The van der Waals surface area contributed by atoms with Crippen LogP contribution in [0.3, 0.4) is 0 Å². The molecule has 0 saturated carbocycles. The molecule has 0 fully saturated rings. The van der Waals surface area contributed by atoms with Gasteiger partial charge in [-0.1, -0.05) is 36.8 Å². The first-order chi connectivity index (χ1) is 11.2. The van der Waals surface area contributed by atoms with Gasteiger partial charge in [0, 0.05) is 17.7 Å². The predicted octanol–water partition coefficient (Wildman–Crippen LogP) is 3.99. The molecule has 1 aromatic rings. The monoisotopic (exact) mass is 315 g/mol. The zero-order valence-corrected chi connectivity index (χ0v) is 13.8. The molecule has 0 amide bonds. The second-order valence-electron chi connectivity index (χ2n) is 5.90. The summed E-state index contributed by atoms with van der Waals surface area (Å²) in [5, 5.41) is 0. The number of carbonyl (C=O) groups excluding carboxylic acids is 2. The molecule has 4 heteroatoms. The second kappa shape index (κ2) is 9.23. The lowest BCUT2D eigenvalue weighted by Crippen LogP contribution is -2.09. The Morgan fingerprint density at radius 2 is 2.00 bits per heavy atom. The number of rotatable bonds is 9. The van der Waals surface area contributed by atoms with E-state index < -0.39 is 0 Å². The molecule has 1 heterocycles. The van der Waals surface area contributed by atoms with Crippen molar-refractivity contribution in [3.63, 3.8) is 0 Å². The first kappa shape index (κ1) is 17.4. The van der Waals surface area contributed by atoms with Crippen molar-refractivity contribution >= 4 is 17.5 Å². The standard InChI is InChI=1S/C19H25NO3/c1-2-23-19(22)14-17-13-12-16(20-17)10-6-7-11-18(21)15-8-4-3-5-9-15/h3-5,8-9,16H,2,6-7,10-14H2,1H3. The Morgan fingerprint density at radius 1 is 1.22 bits per heavy atom. The molecule has 4 nitrogen and oxygen atoms in total. The molecule has 0 aliphatic carbocycles. The highest BCUT2D eigenvalue weighted by Crippen LogP contribution is 2.21. The van der Waals surface area contributed by atoms with Gasteiger partial charge in [-0.25, -0.2) is 0 Å². The number of aliphatic imine (C=N–C) groups is 1. The maximum atomic E-state index is 12.0. The molecular formula is C19H25NO3. The molecule has 0 aromatic heterocycles. The van der Waals surface area contributed by atoms with Crippen molar-refractivity contribution < 1.29 is 14.3 Å². The van der Waals surface area contributed by atoms with Crippen LogP contribution in [0.5, 0.6) is 0 Å². The predicted molar refractivity (Wildman–Crippen MR) is 90.9 cm³/mol. The molecule has 0 N–H and O–H groups in total. The average Bonchev–Trinajstić information content (AvgIpc) is 2.99. The minimum Gasteiger partial charge on any atom is -0.466 e. The number of hydrogen-bond donors (Lipinski definition) is 0. The number of esters is 1. The first-order valence-electron chi connectivity index (χ1n) is 8.48. The van der Waals surface area contributed by atoms with E-state index in [9.17, 15) is 9.59 Å². The quantitative estimate of drug-likeness (QED) is 0.393. The Bertz CT molecular complexity index is 551. The zero-order chi connectivity index (χ0) is 16.5. The SMILES string of the molecule is CCOC(=O)CC1=NC(CCCCC(=O)c2ccccc2)CC1. The van der Waals surface area contributed by atoms with E-state index in [0.29, 0.717) is 25.5 Å². The summed E-state index contributed by atoms with van der Waals surface area (Å²) in [5.74, 6) is 0.0314. The zero-order valence-electron chi connectivity index (χ0n) is 13.8. The van der Waals surface area contributed by atoms with Crippen LogP contribution in [0.15, 0.2) is 35.3 Å². The van der Waals surface area contributed by atoms with Crippen LogP contribution >= 0.6 is 0 Å². The molecule has 1 aliphatic rings. The molecule has 1 aliphatic heterocycles. The number of ether oxygens (including phenoxy) is 1. The fraction of sp³-hybridized carbons (Fsp3) is 0.526. The van der Waals surface area contributed by atoms with E-state index in [4.69, 9.17) is 4.74 Å². The number of benzene rings is 1. The van der Waals surface area contributed by atoms with Crippen LogP contribution in [-0.4, -0.2) is 30.1 Å². The van der Waals surface area contributed by atoms with Crippen molar-refractivity contribution in [1.82, 2.24) is 0 Å². The lowest BCUT2D eigenvalue weighted by atomic mass is 10.0. The van der Waals surface area contributed by atoms with Crippen LogP contribution in [0.2, 0.25) is 0 Å². The lowest BCUT2D eigenvalue weighted by Gasteiger charge is -2.06. The summed E-state index contributed by atoms with van der Waals surface area (Å²) >= 11 is 0. The highest BCUT2D eigenvalue weighted by molar-refractivity contribution is 5.99. The van der Waals surface area contributed by atoms with Crippen molar-refractivity contribution in [2.75, 3.05) is 6.61 Å². The molecule has 0 spiro atoms. The molecule has 1 unspecified atom stereocenters. The number of ketones is 1. The van der Waals surface area contributed by atoms with Gasteiger partial charge in [-0.3, -0.25) is 14.6 Å². The van der Waals surface area contributed by atoms with Crippen molar-refractivity contribution in [3.05, 3.63) is 35.9 Å². The molecule has 0 saturated heterocycles. The van der Waals surface area contributed by atoms with Crippen LogP contribution in [-0.2, 0) is 9.53 Å². The van der Waals surface area contributed by atoms with Gasteiger partial charge in [0.15, 0.2) is 5.78 Å². The van der Waals surface area contributed by atoms with Crippen molar-refractivity contribution in [3.8, 4) is 0 Å². The minimum absolute atomic E-state index is 0.180. The van der Waals surface area contributed by atoms with Gasteiger partial charge in [0.25, 0.3) is 0 Å². The second-order valence-corrected chi connectivity index (χ2v) is 5.90. The smallest absolute Gasteiger partial charge is 0.311 e. The fourth-order valence-corrected chi connectivity index (χ4v) is 2.88. The third kappa shape index (κ3) is 5.97. The normalized spacial score (nSPS) is 16.9. The third-order valence-electron chi connectivity index (χ3n) is 4.07. The highest BCUT2D eigenvalue weighted by Gasteiger charge is 2.19. The molecule has 124 valence electrons. The first-order valence-corrected chi connectivity index (χ1v) is 8.48. The van der Waals surface area contributed by atoms with Gasteiger partial charge < -0.3 is 4.74 Å². The molecule has 23 heavy (non-hydrogen) atoms. The summed E-state index contributed by atoms with van der Waals surface area (Å²) < 4.78 is 4.95. The molecular weight excluding hydrogens is 290 g/mol. The molecule has 1 atom stereocenters. The molecule has 0 radical (unpaired) electrons. The maximum Gasteiger partial charge on any atom is 0.311 e. The topological polar surface area (TPSA) is 55.7 Å². The van der Waals surface area contributed by atoms with E-state index in [0.717, 1.165) is 43.4 Å². The van der Waals surface area contributed by atoms with Gasteiger partial charge >= 0.3 is 5.97 Å². The van der Waals surface area contributed by atoms with E-state index in [-0.39, 0.29) is 11.8 Å². The van der Waals surface area contributed by atoms with Gasteiger partial charge in [0.1, 0.15) is 0 Å². The van der Waals surface area contributed by atoms with Crippen LogP contribution in [0.1, 0.15) is 62.2 Å². The summed E-state index contributed by atoms with van der Waals surface area (Å²) in [4.78, 5) is 28.0. The summed E-state index contributed by atoms with van der Waals surface area (Å²) in [6.07, 6.45) is 5.72. The largest absolute Gasteiger partial charge is 0.466 e. The fourth-order valence-electron chi connectivity index (χ4n) is 2.88. The number of Topliss-reactive ketones (excluding diaryl/α,β-unsaturated/α-hetero) is 1. The number of nitrogens with zero attached hydrogens (tertiary/aromatic N) is 1. The van der Waals surface area contributed by atoms with Crippen LogP contribution in [0.4, 0.5) is 0 Å². The molecule has 2 rings (SSSR count). The van der Waals surface area contributed by atoms with E-state index >= 15 is 0 Å². The van der Waals surface area contributed by atoms with Crippen molar-refractivity contribution in [2.45, 2.75) is 57.9 Å². The van der Waals surface area contributed by atoms with Crippen LogP contribution in [0.25, 0.3) is 0 Å². The Hall–Kier alpha value is -1.97. The lowest BCUT2D eigenvalue weighted by molar-refractivity contribution is -0.141. The minimum atomic E-state index is -0.180. The van der Waals surface area contributed by atoms with Crippen molar-refractivity contribution in [1.29, 1.82) is 0 Å². The summed E-state index contributed by atoms with van der Waals surface area (Å²) in [5.41, 5.74) is 1.76. The summed E-state index contributed by atoms with van der Waals surface area (Å²) in [6, 6.07) is 9.75. The van der Waals surface area contributed by atoms with Gasteiger partial charge in [-0.2, -0.15) is 0 Å². The molecule has 0 bridgehead atoms. The third-order valence-corrected chi connectivity index (χ3v) is 4.07. The summed E-state index contributed by atoms with van der Waals surface area (Å²) in [6.45, 7) is 2.24.